The van der Waals surface area contributed by atoms with Crippen LogP contribution in [-0.4, -0.2) is 29.9 Å². The lowest BCUT2D eigenvalue weighted by Gasteiger charge is -2.12. The minimum atomic E-state index is -0.160. The zero-order valence-corrected chi connectivity index (χ0v) is 14.1. The monoisotopic (exact) mass is 337 g/mol. The lowest BCUT2D eigenvalue weighted by Crippen LogP contribution is -2.23. The van der Waals surface area contributed by atoms with Gasteiger partial charge < -0.3 is 14.8 Å². The van der Waals surface area contributed by atoms with E-state index in [1.165, 1.54) is 0 Å². The van der Waals surface area contributed by atoms with Crippen LogP contribution in [0, 0.1) is 0 Å². The predicted molar refractivity (Wildman–Crippen MR) is 94.3 cm³/mol. The molecule has 2 aromatic carbocycles. The molecule has 0 bridgehead atoms. The van der Waals surface area contributed by atoms with Gasteiger partial charge in [-0.15, -0.1) is 0 Å². The molecule has 6 nitrogen and oxygen atoms in total. The summed E-state index contributed by atoms with van der Waals surface area (Å²) in [7, 11) is 3.19. The molecule has 0 aliphatic heterocycles. The smallest absolute Gasteiger partial charge is 0.251 e. The Balaban J connectivity index is 1.72. The van der Waals surface area contributed by atoms with Crippen LogP contribution in [0.1, 0.15) is 15.9 Å². The molecule has 0 fully saturated rings. The molecule has 0 saturated heterocycles. The van der Waals surface area contributed by atoms with E-state index in [0.29, 0.717) is 23.6 Å². The van der Waals surface area contributed by atoms with E-state index in [4.69, 9.17) is 9.47 Å². The van der Waals surface area contributed by atoms with Gasteiger partial charge in [-0.2, -0.15) is 5.10 Å². The Morgan fingerprint density at radius 1 is 1.12 bits per heavy atom. The number of aromatic nitrogens is 2. The summed E-state index contributed by atoms with van der Waals surface area (Å²) >= 11 is 0. The first-order chi connectivity index (χ1) is 12.2. The highest BCUT2D eigenvalue weighted by atomic mass is 16.5. The maximum absolute atomic E-state index is 12.5. The van der Waals surface area contributed by atoms with E-state index in [2.05, 4.69) is 10.4 Å². The van der Waals surface area contributed by atoms with Crippen LogP contribution in [0.3, 0.4) is 0 Å². The Morgan fingerprint density at radius 3 is 2.72 bits per heavy atom. The van der Waals surface area contributed by atoms with Gasteiger partial charge in [-0.25, -0.2) is 4.68 Å². The molecule has 0 atom stereocenters. The number of carbonyl (C=O) groups is 1. The molecule has 0 radical (unpaired) electrons. The molecule has 0 aliphatic rings. The first-order valence-electron chi connectivity index (χ1n) is 7.80. The van der Waals surface area contributed by atoms with Gasteiger partial charge in [0.1, 0.15) is 11.5 Å². The topological polar surface area (TPSA) is 65.4 Å². The highest BCUT2D eigenvalue weighted by Crippen LogP contribution is 2.24. The number of hydrogen-bond acceptors (Lipinski definition) is 4. The molecular formula is C19H19N3O3. The third kappa shape index (κ3) is 3.80. The Kier molecular flexibility index (Phi) is 4.99. The van der Waals surface area contributed by atoms with Crippen molar-refractivity contribution >= 4 is 5.91 Å². The second-order valence-corrected chi connectivity index (χ2v) is 5.36. The number of nitrogens with one attached hydrogen (secondary N) is 1. The van der Waals surface area contributed by atoms with Gasteiger partial charge in [0, 0.05) is 36.1 Å². The average Bonchev–Trinajstić information content (AvgIpc) is 3.21. The fraction of sp³-hybridized carbons (Fsp3) is 0.158. The Bertz CT molecular complexity index is 860. The summed E-state index contributed by atoms with van der Waals surface area (Å²) < 4.78 is 12.2. The van der Waals surface area contributed by atoms with Gasteiger partial charge in [0.25, 0.3) is 5.91 Å². The van der Waals surface area contributed by atoms with Crippen molar-refractivity contribution in [2.24, 2.45) is 0 Å². The number of benzene rings is 2. The molecule has 1 N–H and O–H groups in total. The third-order valence-electron chi connectivity index (χ3n) is 3.81. The Morgan fingerprint density at radius 2 is 2.00 bits per heavy atom. The largest absolute Gasteiger partial charge is 0.497 e. The van der Waals surface area contributed by atoms with Crippen molar-refractivity contribution in [2.75, 3.05) is 14.2 Å². The quantitative estimate of drug-likeness (QED) is 0.751. The van der Waals surface area contributed by atoms with Crippen LogP contribution in [0.2, 0.25) is 0 Å². The van der Waals surface area contributed by atoms with Crippen LogP contribution < -0.4 is 14.8 Å². The van der Waals surface area contributed by atoms with E-state index in [1.807, 2.05) is 36.5 Å². The van der Waals surface area contributed by atoms with E-state index >= 15 is 0 Å². The maximum atomic E-state index is 12.5. The van der Waals surface area contributed by atoms with Crippen LogP contribution in [0.5, 0.6) is 11.5 Å². The minimum Gasteiger partial charge on any atom is -0.497 e. The summed E-state index contributed by atoms with van der Waals surface area (Å²) in [4.78, 5) is 12.5. The molecule has 3 rings (SSSR count). The third-order valence-corrected chi connectivity index (χ3v) is 3.81. The molecule has 0 unspecified atom stereocenters. The lowest BCUT2D eigenvalue weighted by molar-refractivity contribution is 0.0950. The fourth-order valence-corrected chi connectivity index (χ4v) is 2.49. The van der Waals surface area contributed by atoms with Crippen LogP contribution in [0.25, 0.3) is 5.69 Å². The molecule has 0 aliphatic carbocycles. The number of nitrogens with zero attached hydrogens (tertiary/aromatic N) is 2. The molecular weight excluding hydrogens is 318 g/mol. The van der Waals surface area contributed by atoms with Crippen molar-refractivity contribution in [3.63, 3.8) is 0 Å². The molecule has 0 saturated carbocycles. The highest BCUT2D eigenvalue weighted by Gasteiger charge is 2.10. The summed E-state index contributed by atoms with van der Waals surface area (Å²) in [6.07, 6.45) is 3.53. The second kappa shape index (κ2) is 7.53. The fourth-order valence-electron chi connectivity index (χ4n) is 2.49. The van der Waals surface area contributed by atoms with Gasteiger partial charge >= 0.3 is 0 Å². The highest BCUT2D eigenvalue weighted by molar-refractivity contribution is 5.94. The standard InChI is InChI=1S/C19H19N3O3/c1-24-17-8-7-15(18(12-17)25-2)13-20-19(23)14-5-3-6-16(11-14)22-10-4-9-21-22/h3-12H,13H2,1-2H3,(H,20,23). The van der Waals surface area contributed by atoms with Gasteiger partial charge in [0.15, 0.2) is 0 Å². The minimum absolute atomic E-state index is 0.160. The van der Waals surface area contributed by atoms with Crippen LogP contribution in [0.4, 0.5) is 0 Å². The number of carbonyl (C=O) groups excluding carboxylic acids is 1. The van der Waals surface area contributed by atoms with Crippen molar-refractivity contribution in [1.29, 1.82) is 0 Å². The van der Waals surface area contributed by atoms with Crippen molar-refractivity contribution in [3.05, 3.63) is 72.1 Å². The summed E-state index contributed by atoms with van der Waals surface area (Å²) in [5, 5.41) is 7.09. The summed E-state index contributed by atoms with van der Waals surface area (Å²) in [5.74, 6) is 1.22. The molecule has 0 spiro atoms. The van der Waals surface area contributed by atoms with Crippen molar-refractivity contribution < 1.29 is 14.3 Å². The molecule has 1 amide bonds. The number of amides is 1. The van der Waals surface area contributed by atoms with E-state index in [-0.39, 0.29) is 5.91 Å². The normalized spacial score (nSPS) is 10.3. The summed E-state index contributed by atoms with van der Waals surface area (Å²) in [6.45, 7) is 0.359. The average molecular weight is 337 g/mol. The summed E-state index contributed by atoms with van der Waals surface area (Å²) in [5.41, 5.74) is 2.28. The SMILES string of the molecule is COc1ccc(CNC(=O)c2cccc(-n3cccn3)c2)c(OC)c1. The zero-order valence-electron chi connectivity index (χ0n) is 14.1. The number of ether oxygens (including phenoxy) is 2. The second-order valence-electron chi connectivity index (χ2n) is 5.36. The van der Waals surface area contributed by atoms with Crippen LogP contribution in [0.15, 0.2) is 60.9 Å². The van der Waals surface area contributed by atoms with Gasteiger partial charge in [0.2, 0.25) is 0 Å². The van der Waals surface area contributed by atoms with E-state index in [9.17, 15) is 4.79 Å². The molecule has 1 heterocycles. The predicted octanol–water partition coefficient (Wildman–Crippen LogP) is 2.82. The zero-order chi connectivity index (χ0) is 17.6. The lowest BCUT2D eigenvalue weighted by atomic mass is 10.1. The van der Waals surface area contributed by atoms with E-state index in [0.717, 1.165) is 11.3 Å². The van der Waals surface area contributed by atoms with Gasteiger partial charge in [0.05, 0.1) is 19.9 Å². The van der Waals surface area contributed by atoms with Gasteiger partial charge in [-0.1, -0.05) is 6.07 Å². The van der Waals surface area contributed by atoms with Gasteiger partial charge in [-0.05, 0) is 36.4 Å². The number of hydrogen-bond donors (Lipinski definition) is 1. The van der Waals surface area contributed by atoms with Crippen LogP contribution in [-0.2, 0) is 6.54 Å². The van der Waals surface area contributed by atoms with Crippen molar-refractivity contribution in [1.82, 2.24) is 15.1 Å². The number of methoxy groups -OCH3 is 2. The molecule has 3 aromatic rings. The van der Waals surface area contributed by atoms with Crippen LogP contribution >= 0.6 is 0 Å². The van der Waals surface area contributed by atoms with E-state index < -0.39 is 0 Å². The summed E-state index contributed by atoms with van der Waals surface area (Å²) in [6, 6.07) is 14.6. The van der Waals surface area contributed by atoms with Crippen molar-refractivity contribution in [3.8, 4) is 17.2 Å². The Labute approximate surface area is 146 Å². The molecule has 6 heteroatoms. The molecule has 25 heavy (non-hydrogen) atoms. The molecule has 1 aromatic heterocycles. The first-order valence-corrected chi connectivity index (χ1v) is 7.80. The number of rotatable bonds is 6. The Hall–Kier alpha value is -3.28. The maximum Gasteiger partial charge on any atom is 0.251 e. The first kappa shape index (κ1) is 16.6. The van der Waals surface area contributed by atoms with Gasteiger partial charge in [-0.3, -0.25) is 4.79 Å². The van der Waals surface area contributed by atoms with Crippen molar-refractivity contribution in [2.45, 2.75) is 6.54 Å². The molecule has 128 valence electrons. The van der Waals surface area contributed by atoms with E-state index in [1.54, 1.807) is 43.3 Å².